The average Bonchev–Trinajstić information content (AvgIpc) is 3.24. The molecule has 0 saturated heterocycles. The molecule has 3 heterocycles. The van der Waals surface area contributed by atoms with Crippen molar-refractivity contribution in [2.24, 2.45) is 0 Å². The van der Waals surface area contributed by atoms with E-state index in [4.69, 9.17) is 0 Å². The van der Waals surface area contributed by atoms with Crippen molar-refractivity contribution in [2.75, 3.05) is 5.75 Å². The van der Waals surface area contributed by atoms with Gasteiger partial charge in [0.25, 0.3) is 5.91 Å². The highest BCUT2D eigenvalue weighted by Crippen LogP contribution is 2.25. The fourth-order valence-electron chi connectivity index (χ4n) is 3.63. The summed E-state index contributed by atoms with van der Waals surface area (Å²) in [5.41, 5.74) is 2.87. The first-order valence-electron chi connectivity index (χ1n) is 10.6. The molecule has 4 aromatic rings. The molecule has 0 aliphatic heterocycles. The van der Waals surface area contributed by atoms with Crippen molar-refractivity contribution in [2.45, 2.75) is 37.8 Å². The van der Waals surface area contributed by atoms with Crippen LogP contribution < -0.4 is 5.32 Å². The third kappa shape index (κ3) is 4.65. The molecule has 8 heteroatoms. The summed E-state index contributed by atoms with van der Waals surface area (Å²) in [5.74, 6) is 0.413. The van der Waals surface area contributed by atoms with Crippen LogP contribution in [0.3, 0.4) is 0 Å². The van der Waals surface area contributed by atoms with Gasteiger partial charge in [0.15, 0.2) is 0 Å². The Bertz CT molecular complexity index is 1220. The molecule has 1 N–H and O–H groups in total. The largest absolute Gasteiger partial charge is 0.345 e. The molecule has 4 rings (SSSR count). The number of hydrogen-bond donors (Lipinski definition) is 1. The topological polar surface area (TPSA) is 72.7 Å². The molecule has 0 saturated carbocycles. The van der Waals surface area contributed by atoms with E-state index in [1.807, 2.05) is 12.1 Å². The second-order valence-electron chi connectivity index (χ2n) is 7.33. The number of amides is 1. The SMILES string of the molecule is CCCC(NC(=O)c1cncc2c1cnn2-c1ccc(F)cc1)c1ccnc(SCC)c1. The van der Waals surface area contributed by atoms with Gasteiger partial charge in [0, 0.05) is 17.8 Å². The van der Waals surface area contributed by atoms with E-state index in [-0.39, 0.29) is 17.8 Å². The molecule has 1 atom stereocenters. The summed E-state index contributed by atoms with van der Waals surface area (Å²) in [6.07, 6.45) is 8.38. The van der Waals surface area contributed by atoms with Crippen LogP contribution in [-0.4, -0.2) is 31.4 Å². The van der Waals surface area contributed by atoms with E-state index in [2.05, 4.69) is 34.2 Å². The zero-order valence-electron chi connectivity index (χ0n) is 18.0. The van der Waals surface area contributed by atoms with Crippen LogP contribution in [0.5, 0.6) is 0 Å². The predicted molar refractivity (Wildman–Crippen MR) is 125 cm³/mol. The predicted octanol–water partition coefficient (Wildman–Crippen LogP) is 5.34. The zero-order valence-corrected chi connectivity index (χ0v) is 18.8. The van der Waals surface area contributed by atoms with Gasteiger partial charge >= 0.3 is 0 Å². The van der Waals surface area contributed by atoms with Crippen molar-refractivity contribution in [3.05, 3.63) is 78.1 Å². The van der Waals surface area contributed by atoms with Gasteiger partial charge in [-0.25, -0.2) is 14.1 Å². The molecule has 1 amide bonds. The molecule has 0 aliphatic rings. The highest BCUT2D eigenvalue weighted by molar-refractivity contribution is 7.99. The molecule has 0 aliphatic carbocycles. The number of carbonyl (C=O) groups excluding carboxylic acids is 1. The van der Waals surface area contributed by atoms with Crippen LogP contribution in [0.25, 0.3) is 16.6 Å². The third-order valence-corrected chi connectivity index (χ3v) is 5.96. The highest BCUT2D eigenvalue weighted by Gasteiger charge is 2.19. The lowest BCUT2D eigenvalue weighted by atomic mass is 10.0. The van der Waals surface area contributed by atoms with Crippen molar-refractivity contribution in [1.82, 2.24) is 25.1 Å². The van der Waals surface area contributed by atoms with Gasteiger partial charge in [0.1, 0.15) is 5.82 Å². The molecule has 32 heavy (non-hydrogen) atoms. The molecule has 6 nitrogen and oxygen atoms in total. The number of aromatic nitrogens is 4. The van der Waals surface area contributed by atoms with Crippen LogP contribution in [0.4, 0.5) is 4.39 Å². The molecule has 0 spiro atoms. The Morgan fingerprint density at radius 3 is 2.72 bits per heavy atom. The fraction of sp³-hybridized carbons (Fsp3) is 0.250. The van der Waals surface area contributed by atoms with Gasteiger partial charge in [-0.2, -0.15) is 5.10 Å². The fourth-order valence-corrected chi connectivity index (χ4v) is 4.28. The van der Waals surface area contributed by atoms with Crippen molar-refractivity contribution in [1.29, 1.82) is 0 Å². The number of carbonyl (C=O) groups is 1. The number of rotatable bonds is 8. The highest BCUT2D eigenvalue weighted by atomic mass is 32.2. The van der Waals surface area contributed by atoms with Gasteiger partial charge < -0.3 is 5.32 Å². The van der Waals surface area contributed by atoms with Crippen molar-refractivity contribution in [3.63, 3.8) is 0 Å². The standard InChI is InChI=1S/C24H24FN5OS/c1-3-5-21(16-10-11-27-23(12-16)32-4-2)29-24(31)20-13-26-15-22-19(20)14-28-30(22)18-8-6-17(25)7-9-18/h6-15,21H,3-5H2,1-2H3,(H,29,31). The summed E-state index contributed by atoms with van der Waals surface area (Å²) in [5, 5.41) is 9.21. The number of nitrogens with zero attached hydrogens (tertiary/aromatic N) is 4. The van der Waals surface area contributed by atoms with E-state index in [0.717, 1.165) is 29.2 Å². The van der Waals surface area contributed by atoms with Gasteiger partial charge in [-0.3, -0.25) is 9.78 Å². The van der Waals surface area contributed by atoms with Gasteiger partial charge in [-0.05, 0) is 54.1 Å². The quantitative estimate of drug-likeness (QED) is 0.368. The van der Waals surface area contributed by atoms with Crippen LogP contribution in [-0.2, 0) is 0 Å². The summed E-state index contributed by atoms with van der Waals surface area (Å²) in [7, 11) is 0. The molecule has 164 valence electrons. The minimum Gasteiger partial charge on any atom is -0.345 e. The molecule has 0 bridgehead atoms. The number of benzene rings is 1. The number of fused-ring (bicyclic) bond motifs is 1. The van der Waals surface area contributed by atoms with Crippen molar-refractivity contribution < 1.29 is 9.18 Å². The molecular formula is C24H24FN5OS. The maximum atomic E-state index is 13.3. The van der Waals surface area contributed by atoms with Crippen LogP contribution in [0, 0.1) is 5.82 Å². The summed E-state index contributed by atoms with van der Waals surface area (Å²) < 4.78 is 15.0. The van der Waals surface area contributed by atoms with Crippen molar-refractivity contribution >= 4 is 28.6 Å². The Hall–Kier alpha value is -3.26. The van der Waals surface area contributed by atoms with Gasteiger partial charge in [0.2, 0.25) is 0 Å². The first-order chi connectivity index (χ1) is 15.6. The second-order valence-corrected chi connectivity index (χ2v) is 8.61. The van der Waals surface area contributed by atoms with Crippen LogP contribution >= 0.6 is 11.8 Å². The minimum atomic E-state index is -0.318. The smallest absolute Gasteiger partial charge is 0.254 e. The molecule has 0 radical (unpaired) electrons. The van der Waals surface area contributed by atoms with Crippen LogP contribution in [0.1, 0.15) is 48.7 Å². The number of thioether (sulfide) groups is 1. The molecule has 0 fully saturated rings. The van der Waals surface area contributed by atoms with E-state index in [1.54, 1.807) is 53.4 Å². The lowest BCUT2D eigenvalue weighted by molar-refractivity contribution is 0.0935. The normalized spacial score (nSPS) is 12.1. The Kier molecular flexibility index (Phi) is 6.80. The van der Waals surface area contributed by atoms with Crippen molar-refractivity contribution in [3.8, 4) is 5.69 Å². The second kappa shape index (κ2) is 9.91. The van der Waals surface area contributed by atoms with Crippen LogP contribution in [0.15, 0.2) is 66.2 Å². The number of nitrogens with one attached hydrogen (secondary N) is 1. The zero-order chi connectivity index (χ0) is 22.5. The van der Waals surface area contributed by atoms with E-state index in [9.17, 15) is 9.18 Å². The minimum absolute atomic E-state index is 0.130. The third-order valence-electron chi connectivity index (χ3n) is 5.15. The van der Waals surface area contributed by atoms with Gasteiger partial charge in [0.05, 0.1) is 40.2 Å². The molecular weight excluding hydrogens is 425 g/mol. The lowest BCUT2D eigenvalue weighted by Crippen LogP contribution is -2.28. The van der Waals surface area contributed by atoms with E-state index in [1.165, 1.54) is 12.1 Å². The lowest BCUT2D eigenvalue weighted by Gasteiger charge is -2.19. The average molecular weight is 450 g/mol. The monoisotopic (exact) mass is 449 g/mol. The first kappa shape index (κ1) is 22.0. The first-order valence-corrected chi connectivity index (χ1v) is 11.6. The molecule has 3 aromatic heterocycles. The Labute approximate surface area is 190 Å². The van der Waals surface area contributed by atoms with Crippen LogP contribution in [0.2, 0.25) is 0 Å². The summed E-state index contributed by atoms with van der Waals surface area (Å²) in [4.78, 5) is 21.9. The van der Waals surface area contributed by atoms with E-state index in [0.29, 0.717) is 22.2 Å². The molecule has 1 unspecified atom stereocenters. The number of halogens is 1. The maximum Gasteiger partial charge on any atom is 0.254 e. The van der Waals surface area contributed by atoms with E-state index >= 15 is 0 Å². The Morgan fingerprint density at radius 2 is 1.97 bits per heavy atom. The Morgan fingerprint density at radius 1 is 1.16 bits per heavy atom. The van der Waals surface area contributed by atoms with Gasteiger partial charge in [-0.1, -0.05) is 20.3 Å². The maximum absolute atomic E-state index is 13.3. The van der Waals surface area contributed by atoms with E-state index < -0.39 is 0 Å². The summed E-state index contributed by atoms with van der Waals surface area (Å²) in [6.45, 7) is 4.18. The summed E-state index contributed by atoms with van der Waals surface area (Å²) >= 11 is 1.68. The number of pyridine rings is 2. The molecule has 1 aromatic carbocycles. The van der Waals surface area contributed by atoms with Gasteiger partial charge in [-0.15, -0.1) is 11.8 Å². The number of hydrogen-bond acceptors (Lipinski definition) is 5. The Balaban J connectivity index is 1.64. The summed E-state index contributed by atoms with van der Waals surface area (Å²) in [6, 6.07) is 9.90.